The molecule has 1 aromatic carbocycles. The smallest absolute Gasteiger partial charge is 0.234 e. The van der Waals surface area contributed by atoms with Crippen LogP contribution in [0.15, 0.2) is 28.9 Å². The van der Waals surface area contributed by atoms with Gasteiger partial charge >= 0.3 is 0 Å². The molecule has 2 aromatic rings. The van der Waals surface area contributed by atoms with Crippen LogP contribution in [0.25, 0.3) is 0 Å². The van der Waals surface area contributed by atoms with Crippen LogP contribution in [0.4, 0.5) is 5.69 Å². The molecule has 0 saturated carbocycles. The average Bonchev–Trinajstić information content (AvgIpc) is 3.03. The number of benzene rings is 1. The molecule has 2 heterocycles. The molecule has 110 valence electrons. The summed E-state index contributed by atoms with van der Waals surface area (Å²) >= 11 is 0. The second-order valence-corrected chi connectivity index (χ2v) is 6.14. The Kier molecular flexibility index (Phi) is 2.95. The van der Waals surface area contributed by atoms with Crippen LogP contribution in [-0.2, 0) is 10.2 Å². The van der Waals surface area contributed by atoms with Gasteiger partial charge in [-0.05, 0) is 68.1 Å². The number of aliphatic hydroxyl groups excluding tert-OH is 1. The van der Waals surface area contributed by atoms with Crippen molar-refractivity contribution in [2.45, 2.75) is 39.2 Å². The first-order valence-electron chi connectivity index (χ1n) is 7.01. The van der Waals surface area contributed by atoms with Crippen LogP contribution in [0.1, 0.15) is 48.0 Å². The van der Waals surface area contributed by atoms with E-state index in [0.717, 1.165) is 27.9 Å². The molecule has 0 bridgehead atoms. The fraction of sp³-hybridized carbons (Fsp3) is 0.353. The Bertz CT molecular complexity index is 714. The minimum Gasteiger partial charge on any atom is -0.466 e. The average molecular weight is 285 g/mol. The minimum atomic E-state index is -0.824. The number of nitrogens with one attached hydrogen (secondary N) is 1. The number of anilines is 1. The summed E-state index contributed by atoms with van der Waals surface area (Å²) in [6.45, 7) is 7.71. The van der Waals surface area contributed by atoms with Crippen LogP contribution in [0.3, 0.4) is 0 Å². The topological polar surface area (TPSA) is 62.5 Å². The van der Waals surface area contributed by atoms with E-state index in [1.165, 1.54) is 0 Å². The lowest BCUT2D eigenvalue weighted by Crippen LogP contribution is -2.27. The predicted molar refractivity (Wildman–Crippen MR) is 80.3 cm³/mol. The number of furan rings is 1. The Labute approximate surface area is 123 Å². The molecule has 2 N–H and O–H groups in total. The van der Waals surface area contributed by atoms with Crippen molar-refractivity contribution >= 4 is 11.6 Å². The van der Waals surface area contributed by atoms with E-state index < -0.39 is 11.5 Å². The fourth-order valence-electron chi connectivity index (χ4n) is 2.87. The van der Waals surface area contributed by atoms with Gasteiger partial charge in [0.1, 0.15) is 11.9 Å². The number of fused-ring (bicyclic) bond motifs is 1. The largest absolute Gasteiger partial charge is 0.466 e. The maximum Gasteiger partial charge on any atom is 0.234 e. The van der Waals surface area contributed by atoms with E-state index in [4.69, 9.17) is 4.42 Å². The lowest BCUT2D eigenvalue weighted by molar-refractivity contribution is -0.119. The molecule has 1 aliphatic heterocycles. The van der Waals surface area contributed by atoms with Crippen LogP contribution in [0, 0.1) is 13.8 Å². The highest BCUT2D eigenvalue weighted by molar-refractivity contribution is 6.06. The number of carbonyl (C=O) groups is 1. The standard InChI is InChI=1S/C17H19NO3/c1-9-10(2)14-12(17(3,4)16(20)18-14)8-11(9)15(19)13-6-5-7-21-13/h5-8,15,19H,1-4H3,(H,18,20). The molecule has 0 fully saturated rings. The van der Waals surface area contributed by atoms with E-state index in [1.54, 1.807) is 18.4 Å². The van der Waals surface area contributed by atoms with E-state index in [1.807, 2.05) is 33.8 Å². The number of aliphatic hydroxyl groups is 1. The Balaban J connectivity index is 2.19. The molecule has 1 aliphatic rings. The van der Waals surface area contributed by atoms with E-state index in [-0.39, 0.29) is 5.91 Å². The zero-order chi connectivity index (χ0) is 15.4. The van der Waals surface area contributed by atoms with Crippen molar-refractivity contribution < 1.29 is 14.3 Å². The van der Waals surface area contributed by atoms with Gasteiger partial charge in [0.15, 0.2) is 0 Å². The van der Waals surface area contributed by atoms with Gasteiger partial charge < -0.3 is 14.8 Å². The molecule has 1 unspecified atom stereocenters. The molecular formula is C17H19NO3. The highest BCUT2D eigenvalue weighted by atomic mass is 16.4. The van der Waals surface area contributed by atoms with Crippen molar-refractivity contribution in [1.82, 2.24) is 0 Å². The molecule has 21 heavy (non-hydrogen) atoms. The Morgan fingerprint density at radius 2 is 2.00 bits per heavy atom. The van der Waals surface area contributed by atoms with Crippen molar-refractivity contribution in [2.24, 2.45) is 0 Å². The highest BCUT2D eigenvalue weighted by Crippen LogP contribution is 2.43. The van der Waals surface area contributed by atoms with Crippen LogP contribution in [-0.4, -0.2) is 11.0 Å². The zero-order valence-electron chi connectivity index (χ0n) is 12.7. The number of carbonyl (C=O) groups excluding carboxylic acids is 1. The van der Waals surface area contributed by atoms with Crippen molar-refractivity contribution in [3.05, 3.63) is 52.5 Å². The minimum absolute atomic E-state index is 0.00959. The summed E-state index contributed by atoms with van der Waals surface area (Å²) < 4.78 is 5.30. The van der Waals surface area contributed by atoms with Crippen LogP contribution in [0.2, 0.25) is 0 Å². The zero-order valence-corrected chi connectivity index (χ0v) is 12.7. The summed E-state index contributed by atoms with van der Waals surface area (Å²) in [5.74, 6) is 0.497. The summed E-state index contributed by atoms with van der Waals surface area (Å²) in [5.41, 5.74) is 3.95. The first-order valence-corrected chi connectivity index (χ1v) is 7.01. The molecule has 0 aliphatic carbocycles. The summed E-state index contributed by atoms with van der Waals surface area (Å²) in [6, 6.07) is 5.42. The number of rotatable bonds is 2. The van der Waals surface area contributed by atoms with Gasteiger partial charge in [-0.3, -0.25) is 4.79 Å². The maximum absolute atomic E-state index is 12.1. The highest BCUT2D eigenvalue weighted by Gasteiger charge is 2.40. The van der Waals surface area contributed by atoms with Crippen molar-refractivity contribution in [2.75, 3.05) is 5.32 Å². The Hall–Kier alpha value is -2.07. The van der Waals surface area contributed by atoms with Crippen LogP contribution >= 0.6 is 0 Å². The van der Waals surface area contributed by atoms with E-state index in [0.29, 0.717) is 5.76 Å². The molecule has 0 radical (unpaired) electrons. The van der Waals surface area contributed by atoms with Crippen LogP contribution in [0.5, 0.6) is 0 Å². The summed E-state index contributed by atoms with van der Waals surface area (Å²) in [6.07, 6.45) is 0.721. The number of hydrogen-bond acceptors (Lipinski definition) is 3. The second-order valence-electron chi connectivity index (χ2n) is 6.14. The SMILES string of the molecule is Cc1c(C(O)c2ccco2)cc2c(c1C)NC(=O)C2(C)C. The normalized spacial score (nSPS) is 17.5. The summed E-state index contributed by atoms with van der Waals surface area (Å²) in [5, 5.41) is 13.5. The molecule has 4 nitrogen and oxygen atoms in total. The van der Waals surface area contributed by atoms with Gasteiger partial charge in [-0.15, -0.1) is 0 Å². The molecule has 0 saturated heterocycles. The van der Waals surface area contributed by atoms with Gasteiger partial charge in [-0.1, -0.05) is 0 Å². The van der Waals surface area contributed by atoms with Crippen LogP contribution < -0.4 is 5.32 Å². The van der Waals surface area contributed by atoms with E-state index in [9.17, 15) is 9.90 Å². The molecular weight excluding hydrogens is 266 g/mol. The summed E-state index contributed by atoms with van der Waals surface area (Å²) in [7, 11) is 0. The maximum atomic E-state index is 12.1. The lowest BCUT2D eigenvalue weighted by atomic mass is 9.82. The predicted octanol–water partition coefficient (Wildman–Crippen LogP) is 3.21. The van der Waals surface area contributed by atoms with E-state index >= 15 is 0 Å². The van der Waals surface area contributed by atoms with Gasteiger partial charge in [0.05, 0.1) is 11.7 Å². The molecule has 1 aromatic heterocycles. The Morgan fingerprint density at radius 3 is 2.62 bits per heavy atom. The van der Waals surface area contributed by atoms with E-state index in [2.05, 4.69) is 5.32 Å². The summed E-state index contributed by atoms with van der Waals surface area (Å²) in [4.78, 5) is 12.1. The quantitative estimate of drug-likeness (QED) is 0.890. The molecule has 1 atom stereocenters. The third-order valence-corrected chi connectivity index (χ3v) is 4.53. The third kappa shape index (κ3) is 1.90. The Morgan fingerprint density at radius 1 is 1.29 bits per heavy atom. The number of amides is 1. The molecule has 3 rings (SSSR count). The first-order chi connectivity index (χ1) is 9.84. The van der Waals surface area contributed by atoms with Gasteiger partial charge in [-0.25, -0.2) is 0 Å². The molecule has 1 amide bonds. The fourth-order valence-corrected chi connectivity index (χ4v) is 2.87. The van der Waals surface area contributed by atoms with Crippen molar-refractivity contribution in [3.8, 4) is 0 Å². The van der Waals surface area contributed by atoms with Gasteiger partial charge in [0.2, 0.25) is 5.91 Å². The van der Waals surface area contributed by atoms with Gasteiger partial charge in [0, 0.05) is 5.69 Å². The second kappa shape index (κ2) is 4.46. The lowest BCUT2D eigenvalue weighted by Gasteiger charge is -2.20. The number of hydrogen-bond donors (Lipinski definition) is 2. The molecule has 0 spiro atoms. The van der Waals surface area contributed by atoms with Gasteiger partial charge in [-0.2, -0.15) is 0 Å². The third-order valence-electron chi connectivity index (χ3n) is 4.53. The van der Waals surface area contributed by atoms with Gasteiger partial charge in [0.25, 0.3) is 0 Å². The monoisotopic (exact) mass is 285 g/mol. The van der Waals surface area contributed by atoms with Crippen molar-refractivity contribution in [3.63, 3.8) is 0 Å². The molecule has 4 heteroatoms. The van der Waals surface area contributed by atoms with Crippen molar-refractivity contribution in [1.29, 1.82) is 0 Å². The first kappa shape index (κ1) is 13.9.